The molecule has 7 nitrogen and oxygen atoms in total. The molecular formula is C26H22Cl2N6O. The number of carbonyl (C=O) groups is 1. The molecule has 3 aromatic heterocycles. The Morgan fingerprint density at radius 3 is 2.54 bits per heavy atom. The molecule has 1 N–H and O–H groups in total. The Bertz CT molecular complexity index is 1540. The summed E-state index contributed by atoms with van der Waals surface area (Å²) in [7, 11) is 0. The molecule has 2 aromatic carbocycles. The van der Waals surface area contributed by atoms with Crippen molar-refractivity contribution in [2.45, 2.75) is 26.9 Å². The highest BCUT2D eigenvalue weighted by molar-refractivity contribution is 6.35. The van der Waals surface area contributed by atoms with E-state index in [1.807, 2.05) is 62.4 Å². The first-order valence-corrected chi connectivity index (χ1v) is 11.8. The van der Waals surface area contributed by atoms with Gasteiger partial charge in [-0.3, -0.25) is 9.48 Å². The molecule has 0 spiro atoms. The molecule has 35 heavy (non-hydrogen) atoms. The second-order valence-electron chi connectivity index (χ2n) is 8.28. The smallest absolute Gasteiger partial charge is 0.247 e. The Hall–Kier alpha value is -3.68. The highest BCUT2D eigenvalue weighted by Crippen LogP contribution is 2.29. The Balaban J connectivity index is 1.35. The number of nitrogens with one attached hydrogen (secondary N) is 1. The second-order valence-corrected chi connectivity index (χ2v) is 9.12. The largest absolute Gasteiger partial charge is 0.308 e. The quantitative estimate of drug-likeness (QED) is 0.312. The first-order chi connectivity index (χ1) is 16.9. The Labute approximate surface area is 212 Å². The zero-order valence-electron chi connectivity index (χ0n) is 19.2. The van der Waals surface area contributed by atoms with Gasteiger partial charge in [0.05, 0.1) is 12.2 Å². The van der Waals surface area contributed by atoms with Gasteiger partial charge in [-0.05, 0) is 48.7 Å². The van der Waals surface area contributed by atoms with E-state index in [2.05, 4.69) is 20.5 Å². The number of halogens is 2. The fraction of sp³-hybridized carbons (Fsp3) is 0.154. The molecule has 0 aliphatic carbocycles. The van der Waals surface area contributed by atoms with Gasteiger partial charge in [0.25, 0.3) is 0 Å². The van der Waals surface area contributed by atoms with Gasteiger partial charge in [0.2, 0.25) is 5.91 Å². The summed E-state index contributed by atoms with van der Waals surface area (Å²) in [5.74, 6) is 0.221. The molecule has 0 saturated heterocycles. The molecule has 0 bridgehead atoms. The molecule has 9 heteroatoms. The molecule has 0 aliphatic heterocycles. The van der Waals surface area contributed by atoms with E-state index in [-0.39, 0.29) is 12.5 Å². The van der Waals surface area contributed by atoms with E-state index in [0.717, 1.165) is 33.5 Å². The van der Waals surface area contributed by atoms with Crippen LogP contribution in [0.3, 0.4) is 0 Å². The number of amides is 1. The summed E-state index contributed by atoms with van der Waals surface area (Å²) >= 11 is 12.3. The summed E-state index contributed by atoms with van der Waals surface area (Å²) in [5, 5.41) is 14.1. The first-order valence-electron chi connectivity index (χ1n) is 11.0. The Morgan fingerprint density at radius 1 is 0.971 bits per heavy atom. The minimum Gasteiger partial charge on any atom is -0.308 e. The van der Waals surface area contributed by atoms with Gasteiger partial charge in [-0.2, -0.15) is 10.2 Å². The van der Waals surface area contributed by atoms with Crippen molar-refractivity contribution in [3.8, 4) is 11.1 Å². The second kappa shape index (κ2) is 9.52. The van der Waals surface area contributed by atoms with Crippen molar-refractivity contribution in [2.24, 2.45) is 0 Å². The van der Waals surface area contributed by atoms with Crippen LogP contribution in [-0.4, -0.2) is 30.5 Å². The fourth-order valence-corrected chi connectivity index (χ4v) is 4.58. The average Bonchev–Trinajstić information content (AvgIpc) is 3.34. The zero-order valence-corrected chi connectivity index (χ0v) is 20.7. The topological polar surface area (TPSA) is 77.6 Å². The minimum absolute atomic E-state index is 0.0184. The van der Waals surface area contributed by atoms with Gasteiger partial charge in [-0.25, -0.2) is 9.67 Å². The van der Waals surface area contributed by atoms with Gasteiger partial charge in [0.1, 0.15) is 6.54 Å². The number of benzene rings is 2. The summed E-state index contributed by atoms with van der Waals surface area (Å²) in [4.78, 5) is 17.4. The molecule has 0 unspecified atom stereocenters. The van der Waals surface area contributed by atoms with Crippen LogP contribution >= 0.6 is 23.2 Å². The maximum atomic E-state index is 12.9. The summed E-state index contributed by atoms with van der Waals surface area (Å²) in [6, 6.07) is 19.2. The third kappa shape index (κ3) is 4.78. The van der Waals surface area contributed by atoms with Crippen LogP contribution in [0.25, 0.3) is 22.2 Å². The first kappa shape index (κ1) is 23.1. The number of carbonyl (C=O) groups excluding carboxylic acids is 1. The summed E-state index contributed by atoms with van der Waals surface area (Å²) in [5.41, 5.74) is 5.38. The number of anilines is 1. The number of nitrogens with zero attached hydrogens (tertiary/aromatic N) is 5. The molecule has 0 radical (unpaired) electrons. The molecule has 176 valence electrons. The van der Waals surface area contributed by atoms with E-state index < -0.39 is 0 Å². The maximum absolute atomic E-state index is 12.9. The average molecular weight is 505 g/mol. The van der Waals surface area contributed by atoms with Gasteiger partial charge in [-0.15, -0.1) is 0 Å². The highest BCUT2D eigenvalue weighted by atomic mass is 35.5. The van der Waals surface area contributed by atoms with Crippen molar-refractivity contribution in [3.63, 3.8) is 0 Å². The molecule has 1 amide bonds. The van der Waals surface area contributed by atoms with Crippen molar-refractivity contribution >= 4 is 46.0 Å². The number of pyridine rings is 1. The number of aryl methyl sites for hydroxylation is 2. The highest BCUT2D eigenvalue weighted by Gasteiger charge is 2.17. The summed E-state index contributed by atoms with van der Waals surface area (Å²) < 4.78 is 3.41. The van der Waals surface area contributed by atoms with Crippen LogP contribution in [0.1, 0.15) is 17.0 Å². The lowest BCUT2D eigenvalue weighted by atomic mass is 10.0. The molecule has 5 rings (SSSR count). The molecule has 0 fully saturated rings. The van der Waals surface area contributed by atoms with Crippen molar-refractivity contribution in [3.05, 3.63) is 93.9 Å². The predicted molar refractivity (Wildman–Crippen MR) is 139 cm³/mol. The molecule has 0 atom stereocenters. The van der Waals surface area contributed by atoms with Crippen LogP contribution in [0.15, 0.2) is 66.9 Å². The third-order valence-corrected chi connectivity index (χ3v) is 6.36. The van der Waals surface area contributed by atoms with E-state index >= 15 is 0 Å². The summed E-state index contributed by atoms with van der Waals surface area (Å²) in [6.07, 6.45) is 1.74. The van der Waals surface area contributed by atoms with Gasteiger partial charge in [0.15, 0.2) is 11.5 Å². The van der Waals surface area contributed by atoms with Gasteiger partial charge in [-0.1, -0.05) is 59.6 Å². The number of hydrogen-bond donors (Lipinski definition) is 1. The maximum Gasteiger partial charge on any atom is 0.247 e. The van der Waals surface area contributed by atoms with Crippen LogP contribution in [0.4, 0.5) is 5.82 Å². The van der Waals surface area contributed by atoms with Gasteiger partial charge in [0, 0.05) is 33.4 Å². The van der Waals surface area contributed by atoms with Crippen molar-refractivity contribution in [1.29, 1.82) is 0 Å². The molecule has 3 heterocycles. The lowest BCUT2D eigenvalue weighted by Gasteiger charge is -2.07. The van der Waals surface area contributed by atoms with Crippen LogP contribution in [0.2, 0.25) is 10.0 Å². The lowest BCUT2D eigenvalue weighted by Crippen LogP contribution is -2.20. The fourth-order valence-electron chi connectivity index (χ4n) is 4.11. The Morgan fingerprint density at radius 2 is 1.77 bits per heavy atom. The van der Waals surface area contributed by atoms with Crippen molar-refractivity contribution in [2.75, 3.05) is 5.32 Å². The van der Waals surface area contributed by atoms with E-state index in [1.54, 1.807) is 27.7 Å². The monoisotopic (exact) mass is 504 g/mol. The Kier molecular flexibility index (Phi) is 6.28. The van der Waals surface area contributed by atoms with E-state index in [1.165, 1.54) is 0 Å². The molecule has 5 aromatic rings. The van der Waals surface area contributed by atoms with Gasteiger partial charge < -0.3 is 5.32 Å². The standard InChI is InChI=1S/C26H22Cl2N6O/c1-16-12-23(32-33(16)14-19-8-9-20(27)13-22(19)28)30-24(35)15-34-26-25(17(2)31-34)21(10-11-29-26)18-6-4-3-5-7-18/h3-13H,14-15H2,1-2H3,(H,30,32,35). The number of rotatable bonds is 6. The predicted octanol–water partition coefficient (Wildman–Crippen LogP) is 5.91. The zero-order chi connectivity index (χ0) is 24.5. The van der Waals surface area contributed by atoms with Crippen LogP contribution in [0, 0.1) is 13.8 Å². The van der Waals surface area contributed by atoms with Crippen LogP contribution < -0.4 is 5.32 Å². The number of aromatic nitrogens is 5. The van der Waals surface area contributed by atoms with E-state index in [4.69, 9.17) is 23.2 Å². The van der Waals surface area contributed by atoms with Crippen LogP contribution in [-0.2, 0) is 17.9 Å². The SMILES string of the molecule is Cc1nn(CC(=O)Nc2cc(C)n(Cc3ccc(Cl)cc3Cl)n2)c2nccc(-c3ccccc3)c12. The molecule has 0 saturated carbocycles. The van der Waals surface area contributed by atoms with E-state index in [9.17, 15) is 4.79 Å². The molecular weight excluding hydrogens is 483 g/mol. The lowest BCUT2D eigenvalue weighted by molar-refractivity contribution is -0.116. The van der Waals surface area contributed by atoms with E-state index in [0.29, 0.717) is 28.1 Å². The number of hydrogen-bond acceptors (Lipinski definition) is 4. The number of fused-ring (bicyclic) bond motifs is 1. The van der Waals surface area contributed by atoms with Crippen LogP contribution in [0.5, 0.6) is 0 Å². The van der Waals surface area contributed by atoms with Crippen molar-refractivity contribution in [1.82, 2.24) is 24.5 Å². The summed E-state index contributed by atoms with van der Waals surface area (Å²) in [6.45, 7) is 4.33. The molecule has 0 aliphatic rings. The minimum atomic E-state index is -0.240. The van der Waals surface area contributed by atoms with Gasteiger partial charge >= 0.3 is 0 Å². The normalized spacial score (nSPS) is 11.2. The third-order valence-electron chi connectivity index (χ3n) is 5.77. The van der Waals surface area contributed by atoms with Crippen molar-refractivity contribution < 1.29 is 4.79 Å².